The number of aromatic nitrogens is 2. The number of ether oxygens (including phenoxy) is 2. The molecule has 0 amide bonds. The number of hydrogen-bond donors (Lipinski definition) is 1. The fraction of sp³-hybridized carbons (Fsp3) is 0.316. The molecular weight excluding hydrogens is 288 g/mol. The van der Waals surface area contributed by atoms with Crippen molar-refractivity contribution in [2.24, 2.45) is 0 Å². The van der Waals surface area contributed by atoms with Gasteiger partial charge in [-0.3, -0.25) is 0 Å². The Hall–Kier alpha value is -2.49. The third kappa shape index (κ3) is 3.16. The summed E-state index contributed by atoms with van der Waals surface area (Å²) in [5, 5.41) is 0. The second-order valence-electron chi connectivity index (χ2n) is 5.83. The van der Waals surface area contributed by atoms with Gasteiger partial charge in [-0.1, -0.05) is 6.07 Å². The van der Waals surface area contributed by atoms with Crippen molar-refractivity contribution in [3.63, 3.8) is 0 Å². The summed E-state index contributed by atoms with van der Waals surface area (Å²) >= 11 is 0. The fourth-order valence-corrected chi connectivity index (χ4v) is 2.74. The molecule has 4 nitrogen and oxygen atoms in total. The molecule has 0 unspecified atom stereocenters. The molecular formula is C19H22N2O2. The number of benzene rings is 2. The van der Waals surface area contributed by atoms with E-state index in [0.29, 0.717) is 0 Å². The highest BCUT2D eigenvalue weighted by Crippen LogP contribution is 2.28. The van der Waals surface area contributed by atoms with Gasteiger partial charge in [0, 0.05) is 6.42 Å². The Kier molecular flexibility index (Phi) is 4.24. The topological polar surface area (TPSA) is 47.1 Å². The Labute approximate surface area is 136 Å². The summed E-state index contributed by atoms with van der Waals surface area (Å²) in [7, 11) is 3.31. The third-order valence-electron chi connectivity index (χ3n) is 4.24. The fourth-order valence-electron chi connectivity index (χ4n) is 2.74. The molecule has 0 aliphatic carbocycles. The monoisotopic (exact) mass is 310 g/mol. The maximum atomic E-state index is 5.35. The predicted octanol–water partition coefficient (Wildman–Crippen LogP) is 3.98. The minimum absolute atomic E-state index is 0.755. The summed E-state index contributed by atoms with van der Waals surface area (Å²) in [5.74, 6) is 2.53. The van der Waals surface area contributed by atoms with Gasteiger partial charge in [0.2, 0.25) is 0 Å². The zero-order chi connectivity index (χ0) is 16.4. The van der Waals surface area contributed by atoms with Gasteiger partial charge >= 0.3 is 0 Å². The maximum Gasteiger partial charge on any atom is 0.160 e. The number of nitrogens with zero attached hydrogens (tertiary/aromatic N) is 1. The van der Waals surface area contributed by atoms with Gasteiger partial charge in [0.15, 0.2) is 11.5 Å². The van der Waals surface area contributed by atoms with E-state index in [4.69, 9.17) is 14.5 Å². The van der Waals surface area contributed by atoms with Crippen LogP contribution >= 0.6 is 0 Å². The van der Waals surface area contributed by atoms with Crippen molar-refractivity contribution in [1.29, 1.82) is 0 Å². The number of H-pyrrole nitrogens is 1. The summed E-state index contributed by atoms with van der Waals surface area (Å²) in [6, 6.07) is 10.3. The molecule has 120 valence electrons. The van der Waals surface area contributed by atoms with Crippen LogP contribution in [0.2, 0.25) is 0 Å². The van der Waals surface area contributed by atoms with E-state index in [-0.39, 0.29) is 0 Å². The molecule has 0 aliphatic rings. The van der Waals surface area contributed by atoms with E-state index in [1.807, 2.05) is 12.1 Å². The summed E-state index contributed by atoms with van der Waals surface area (Å²) in [4.78, 5) is 8.11. The molecule has 0 fully saturated rings. The number of imidazole rings is 1. The van der Waals surface area contributed by atoms with Crippen molar-refractivity contribution < 1.29 is 9.47 Å². The molecule has 4 heteroatoms. The van der Waals surface area contributed by atoms with E-state index in [1.165, 1.54) is 16.7 Å². The van der Waals surface area contributed by atoms with Gasteiger partial charge in [-0.05, 0) is 61.2 Å². The SMILES string of the molecule is COc1ccc(CCc2nc3cc(C)c(C)cc3[nH]2)cc1OC. The Morgan fingerprint density at radius 1 is 0.913 bits per heavy atom. The lowest BCUT2D eigenvalue weighted by Gasteiger charge is -2.09. The average Bonchev–Trinajstić information content (AvgIpc) is 2.94. The molecule has 0 radical (unpaired) electrons. The van der Waals surface area contributed by atoms with Gasteiger partial charge in [-0.2, -0.15) is 0 Å². The first-order chi connectivity index (χ1) is 11.1. The van der Waals surface area contributed by atoms with E-state index in [2.05, 4.69) is 37.0 Å². The number of hydrogen-bond acceptors (Lipinski definition) is 3. The Morgan fingerprint density at radius 3 is 2.39 bits per heavy atom. The number of nitrogens with one attached hydrogen (secondary N) is 1. The lowest BCUT2D eigenvalue weighted by molar-refractivity contribution is 0.354. The van der Waals surface area contributed by atoms with E-state index in [1.54, 1.807) is 14.2 Å². The quantitative estimate of drug-likeness (QED) is 0.775. The molecule has 0 saturated carbocycles. The molecule has 3 rings (SSSR count). The van der Waals surface area contributed by atoms with Gasteiger partial charge in [0.1, 0.15) is 5.82 Å². The summed E-state index contributed by atoms with van der Waals surface area (Å²) in [5.41, 5.74) is 5.91. The van der Waals surface area contributed by atoms with Crippen molar-refractivity contribution in [2.45, 2.75) is 26.7 Å². The van der Waals surface area contributed by atoms with Crippen molar-refractivity contribution in [3.8, 4) is 11.5 Å². The van der Waals surface area contributed by atoms with Crippen LogP contribution in [-0.2, 0) is 12.8 Å². The second-order valence-corrected chi connectivity index (χ2v) is 5.83. The van der Waals surface area contributed by atoms with Crippen molar-refractivity contribution in [1.82, 2.24) is 9.97 Å². The highest BCUT2D eigenvalue weighted by molar-refractivity contribution is 5.77. The zero-order valence-electron chi connectivity index (χ0n) is 14.1. The number of aromatic amines is 1. The van der Waals surface area contributed by atoms with Crippen LogP contribution in [0, 0.1) is 13.8 Å². The third-order valence-corrected chi connectivity index (χ3v) is 4.24. The smallest absolute Gasteiger partial charge is 0.160 e. The normalized spacial score (nSPS) is 11.0. The summed E-state index contributed by atoms with van der Waals surface area (Å²) in [6.45, 7) is 4.24. The number of fused-ring (bicyclic) bond motifs is 1. The second kappa shape index (κ2) is 6.32. The minimum Gasteiger partial charge on any atom is -0.493 e. The van der Waals surface area contributed by atoms with Crippen LogP contribution in [0.3, 0.4) is 0 Å². The Balaban J connectivity index is 1.78. The standard InChI is InChI=1S/C19H22N2O2/c1-12-9-15-16(10-13(12)2)21-19(20-15)8-6-14-5-7-17(22-3)18(11-14)23-4/h5,7,9-11H,6,8H2,1-4H3,(H,20,21). The van der Waals surface area contributed by atoms with Gasteiger partial charge in [-0.15, -0.1) is 0 Å². The molecule has 0 bridgehead atoms. The van der Waals surface area contributed by atoms with Crippen LogP contribution in [0.4, 0.5) is 0 Å². The Morgan fingerprint density at radius 2 is 1.65 bits per heavy atom. The first-order valence-electron chi connectivity index (χ1n) is 7.77. The molecule has 0 aliphatic heterocycles. The van der Waals surface area contributed by atoms with Crippen LogP contribution in [0.15, 0.2) is 30.3 Å². The highest BCUT2D eigenvalue weighted by Gasteiger charge is 2.08. The van der Waals surface area contributed by atoms with Gasteiger partial charge in [0.25, 0.3) is 0 Å². The van der Waals surface area contributed by atoms with Crippen LogP contribution in [0.5, 0.6) is 11.5 Å². The molecule has 1 N–H and O–H groups in total. The first kappa shape index (κ1) is 15.4. The van der Waals surface area contributed by atoms with Crippen LogP contribution in [0.1, 0.15) is 22.5 Å². The highest BCUT2D eigenvalue weighted by atomic mass is 16.5. The molecule has 0 atom stereocenters. The molecule has 0 saturated heterocycles. The van der Waals surface area contributed by atoms with Gasteiger partial charge in [0.05, 0.1) is 25.3 Å². The number of methoxy groups -OCH3 is 2. The number of aryl methyl sites for hydroxylation is 4. The van der Waals surface area contributed by atoms with E-state index >= 15 is 0 Å². The molecule has 3 aromatic rings. The zero-order valence-corrected chi connectivity index (χ0v) is 14.1. The van der Waals surface area contributed by atoms with Crippen LogP contribution < -0.4 is 9.47 Å². The van der Waals surface area contributed by atoms with Crippen LogP contribution in [-0.4, -0.2) is 24.2 Å². The van der Waals surface area contributed by atoms with Gasteiger partial charge in [-0.25, -0.2) is 4.98 Å². The molecule has 23 heavy (non-hydrogen) atoms. The molecule has 1 aromatic heterocycles. The summed E-state index contributed by atoms with van der Waals surface area (Å²) < 4.78 is 10.6. The van der Waals surface area contributed by atoms with Gasteiger partial charge < -0.3 is 14.5 Å². The van der Waals surface area contributed by atoms with E-state index in [0.717, 1.165) is 41.2 Å². The summed E-state index contributed by atoms with van der Waals surface area (Å²) in [6.07, 6.45) is 1.76. The largest absolute Gasteiger partial charge is 0.493 e. The van der Waals surface area contributed by atoms with Crippen molar-refractivity contribution >= 4 is 11.0 Å². The molecule has 0 spiro atoms. The first-order valence-corrected chi connectivity index (χ1v) is 7.77. The molecule has 2 aromatic carbocycles. The molecule has 1 heterocycles. The van der Waals surface area contributed by atoms with Crippen molar-refractivity contribution in [2.75, 3.05) is 14.2 Å². The maximum absolute atomic E-state index is 5.35. The predicted molar refractivity (Wildman–Crippen MR) is 92.5 cm³/mol. The van der Waals surface area contributed by atoms with E-state index < -0.39 is 0 Å². The Bertz CT molecular complexity index is 798. The van der Waals surface area contributed by atoms with E-state index in [9.17, 15) is 0 Å². The lowest BCUT2D eigenvalue weighted by Crippen LogP contribution is -1.96. The minimum atomic E-state index is 0.755. The number of rotatable bonds is 5. The average molecular weight is 310 g/mol. The lowest BCUT2D eigenvalue weighted by atomic mass is 10.1. The van der Waals surface area contributed by atoms with Crippen LogP contribution in [0.25, 0.3) is 11.0 Å². The van der Waals surface area contributed by atoms with Crippen molar-refractivity contribution in [3.05, 3.63) is 52.8 Å².